The van der Waals surface area contributed by atoms with E-state index in [1.165, 1.54) is 11.3 Å². The molecule has 132 valence electrons. The van der Waals surface area contributed by atoms with Crippen LogP contribution in [0.5, 0.6) is 0 Å². The Morgan fingerprint density at radius 2 is 2.04 bits per heavy atom. The summed E-state index contributed by atoms with van der Waals surface area (Å²) in [6.07, 6.45) is 0. The van der Waals surface area contributed by atoms with Crippen LogP contribution in [0.1, 0.15) is 25.6 Å². The Morgan fingerprint density at radius 1 is 1.24 bits per heavy atom. The van der Waals surface area contributed by atoms with E-state index >= 15 is 0 Å². The van der Waals surface area contributed by atoms with E-state index in [0.717, 1.165) is 17.1 Å². The SMILES string of the molecule is O=C(NCc1ccc(C(=O)N2CCSCC2CO)cc1)c1cccs1. The van der Waals surface area contributed by atoms with Crippen molar-refractivity contribution < 1.29 is 14.7 Å². The number of thiophene rings is 1. The monoisotopic (exact) mass is 376 g/mol. The highest BCUT2D eigenvalue weighted by atomic mass is 32.2. The van der Waals surface area contributed by atoms with E-state index in [0.29, 0.717) is 23.5 Å². The summed E-state index contributed by atoms with van der Waals surface area (Å²) in [4.78, 5) is 27.0. The lowest BCUT2D eigenvalue weighted by Crippen LogP contribution is -2.48. The molecule has 1 aromatic carbocycles. The van der Waals surface area contributed by atoms with Gasteiger partial charge in [0.05, 0.1) is 17.5 Å². The smallest absolute Gasteiger partial charge is 0.261 e. The molecule has 0 spiro atoms. The van der Waals surface area contributed by atoms with Gasteiger partial charge in [0.1, 0.15) is 0 Å². The summed E-state index contributed by atoms with van der Waals surface area (Å²) < 4.78 is 0. The van der Waals surface area contributed by atoms with Gasteiger partial charge in [-0.3, -0.25) is 9.59 Å². The third-order valence-electron chi connectivity index (χ3n) is 4.10. The van der Waals surface area contributed by atoms with Crippen LogP contribution in [-0.4, -0.2) is 52.5 Å². The molecule has 2 heterocycles. The van der Waals surface area contributed by atoms with E-state index in [1.54, 1.807) is 34.9 Å². The first-order valence-corrected chi connectivity index (χ1v) is 10.1. The largest absolute Gasteiger partial charge is 0.394 e. The lowest BCUT2D eigenvalue weighted by atomic mass is 10.1. The molecule has 1 aliphatic rings. The number of hydrogen-bond acceptors (Lipinski definition) is 5. The van der Waals surface area contributed by atoms with Gasteiger partial charge in [-0.05, 0) is 29.1 Å². The first-order chi connectivity index (χ1) is 12.2. The van der Waals surface area contributed by atoms with Crippen LogP contribution < -0.4 is 5.32 Å². The summed E-state index contributed by atoms with van der Waals surface area (Å²) in [5.41, 5.74) is 1.55. The average Bonchev–Trinajstić information content (AvgIpc) is 3.21. The predicted molar refractivity (Wildman–Crippen MR) is 101 cm³/mol. The second-order valence-corrected chi connectivity index (χ2v) is 7.86. The highest BCUT2D eigenvalue weighted by Crippen LogP contribution is 2.19. The Kier molecular flexibility index (Phi) is 6.12. The first kappa shape index (κ1) is 18.0. The molecule has 2 N–H and O–H groups in total. The Hall–Kier alpha value is -1.83. The molecule has 1 aliphatic heterocycles. The highest BCUT2D eigenvalue weighted by molar-refractivity contribution is 7.99. The standard InChI is InChI=1S/C18H20N2O3S2/c21-11-15-12-24-9-7-20(15)18(23)14-5-3-13(4-6-14)10-19-17(22)16-2-1-8-25-16/h1-6,8,15,21H,7,9-12H2,(H,19,22). The van der Waals surface area contributed by atoms with E-state index in [4.69, 9.17) is 0 Å². The van der Waals surface area contributed by atoms with Crippen molar-refractivity contribution in [1.82, 2.24) is 10.2 Å². The molecule has 1 aromatic heterocycles. The van der Waals surface area contributed by atoms with Crippen molar-refractivity contribution >= 4 is 34.9 Å². The van der Waals surface area contributed by atoms with E-state index in [1.807, 2.05) is 23.6 Å². The summed E-state index contributed by atoms with van der Waals surface area (Å²) in [7, 11) is 0. The van der Waals surface area contributed by atoms with E-state index in [9.17, 15) is 14.7 Å². The van der Waals surface area contributed by atoms with Crippen LogP contribution in [0.3, 0.4) is 0 Å². The van der Waals surface area contributed by atoms with E-state index in [-0.39, 0.29) is 24.5 Å². The Morgan fingerprint density at radius 3 is 2.72 bits per heavy atom. The summed E-state index contributed by atoms with van der Waals surface area (Å²) in [6.45, 7) is 1.07. The lowest BCUT2D eigenvalue weighted by molar-refractivity contribution is 0.0631. The fourth-order valence-corrected chi connectivity index (χ4v) is 4.37. The molecule has 1 atom stereocenters. The topological polar surface area (TPSA) is 69.6 Å². The number of benzene rings is 1. The number of carbonyl (C=O) groups is 2. The zero-order valence-corrected chi connectivity index (χ0v) is 15.3. The van der Waals surface area contributed by atoms with E-state index < -0.39 is 0 Å². The third-order valence-corrected chi connectivity index (χ3v) is 6.06. The maximum Gasteiger partial charge on any atom is 0.261 e. The summed E-state index contributed by atoms with van der Waals surface area (Å²) in [5, 5.41) is 14.2. The molecule has 25 heavy (non-hydrogen) atoms. The Balaban J connectivity index is 1.59. The molecule has 1 fully saturated rings. The molecule has 0 bridgehead atoms. The number of rotatable bonds is 5. The van der Waals surface area contributed by atoms with Crippen LogP contribution in [-0.2, 0) is 6.54 Å². The maximum atomic E-state index is 12.6. The molecule has 0 aliphatic carbocycles. The van der Waals surface area contributed by atoms with Gasteiger partial charge in [-0.15, -0.1) is 11.3 Å². The molecule has 2 aromatic rings. The van der Waals surface area contributed by atoms with Crippen molar-refractivity contribution in [3.05, 3.63) is 57.8 Å². The Bertz CT molecular complexity index is 716. The minimum Gasteiger partial charge on any atom is -0.394 e. The van der Waals surface area contributed by atoms with E-state index in [2.05, 4.69) is 5.32 Å². The number of nitrogens with one attached hydrogen (secondary N) is 1. The van der Waals surface area contributed by atoms with Crippen LogP contribution >= 0.6 is 23.1 Å². The highest BCUT2D eigenvalue weighted by Gasteiger charge is 2.27. The molecule has 3 rings (SSSR count). The quantitative estimate of drug-likeness (QED) is 0.840. The average molecular weight is 377 g/mol. The molecule has 7 heteroatoms. The minimum atomic E-state index is -0.115. The summed E-state index contributed by atoms with van der Waals surface area (Å²) >= 11 is 3.17. The zero-order valence-electron chi connectivity index (χ0n) is 13.7. The van der Waals surface area contributed by atoms with Crippen LogP contribution in [0, 0.1) is 0 Å². The van der Waals surface area contributed by atoms with Gasteiger partial charge in [0, 0.05) is 30.2 Å². The molecule has 5 nitrogen and oxygen atoms in total. The van der Waals surface area contributed by atoms with Gasteiger partial charge in [-0.1, -0.05) is 18.2 Å². The molecule has 0 radical (unpaired) electrons. The zero-order chi connectivity index (χ0) is 17.6. The maximum absolute atomic E-state index is 12.6. The number of aliphatic hydroxyl groups is 1. The number of nitrogens with zero attached hydrogens (tertiary/aromatic N) is 1. The van der Waals surface area contributed by atoms with Crippen molar-refractivity contribution in [1.29, 1.82) is 0 Å². The Labute approximate surface area is 155 Å². The van der Waals surface area contributed by atoms with Gasteiger partial charge in [-0.2, -0.15) is 11.8 Å². The van der Waals surface area contributed by atoms with Gasteiger partial charge in [0.2, 0.25) is 0 Å². The number of hydrogen-bond donors (Lipinski definition) is 2. The fraction of sp³-hybridized carbons (Fsp3) is 0.333. The van der Waals surface area contributed by atoms with Gasteiger partial charge in [-0.25, -0.2) is 0 Å². The van der Waals surface area contributed by atoms with Crippen LogP contribution in [0.25, 0.3) is 0 Å². The van der Waals surface area contributed by atoms with Gasteiger partial charge >= 0.3 is 0 Å². The number of aliphatic hydroxyl groups excluding tert-OH is 1. The first-order valence-electron chi connectivity index (χ1n) is 8.09. The van der Waals surface area contributed by atoms with Crippen LogP contribution in [0.2, 0.25) is 0 Å². The fourth-order valence-electron chi connectivity index (χ4n) is 2.68. The molecular weight excluding hydrogens is 356 g/mol. The normalized spacial score (nSPS) is 17.3. The van der Waals surface area contributed by atoms with Gasteiger partial charge in [0.25, 0.3) is 11.8 Å². The number of thioether (sulfide) groups is 1. The van der Waals surface area contributed by atoms with Gasteiger partial charge in [0.15, 0.2) is 0 Å². The van der Waals surface area contributed by atoms with Crippen molar-refractivity contribution in [2.75, 3.05) is 24.7 Å². The van der Waals surface area contributed by atoms with Crippen LogP contribution in [0.15, 0.2) is 41.8 Å². The van der Waals surface area contributed by atoms with Crippen molar-refractivity contribution in [2.45, 2.75) is 12.6 Å². The van der Waals surface area contributed by atoms with Crippen molar-refractivity contribution in [2.24, 2.45) is 0 Å². The number of carbonyl (C=O) groups excluding carboxylic acids is 2. The van der Waals surface area contributed by atoms with Crippen LogP contribution in [0.4, 0.5) is 0 Å². The number of amides is 2. The molecular formula is C18H20N2O3S2. The molecule has 1 unspecified atom stereocenters. The summed E-state index contributed by atoms with van der Waals surface area (Å²) in [6, 6.07) is 10.8. The second kappa shape index (κ2) is 8.51. The van der Waals surface area contributed by atoms with Crippen molar-refractivity contribution in [3.8, 4) is 0 Å². The molecule has 1 saturated heterocycles. The second-order valence-electron chi connectivity index (χ2n) is 5.77. The van der Waals surface area contributed by atoms with Gasteiger partial charge < -0.3 is 15.3 Å². The third kappa shape index (κ3) is 4.42. The minimum absolute atomic E-state index is 0.00836. The van der Waals surface area contributed by atoms with Crippen molar-refractivity contribution in [3.63, 3.8) is 0 Å². The molecule has 0 saturated carbocycles. The lowest BCUT2D eigenvalue weighted by Gasteiger charge is -2.34. The predicted octanol–water partition coefficient (Wildman–Crippen LogP) is 2.23. The molecule has 2 amide bonds. The summed E-state index contributed by atoms with van der Waals surface area (Å²) in [5.74, 6) is 1.53.